The summed E-state index contributed by atoms with van der Waals surface area (Å²) in [7, 11) is 0. The average molecular weight is 475 g/mol. The molecule has 7 rings (SSSR count). The van der Waals surface area contributed by atoms with Gasteiger partial charge in [0, 0.05) is 22.0 Å². The molecule has 1 saturated heterocycles. The van der Waals surface area contributed by atoms with E-state index in [0.29, 0.717) is 22.3 Å². The molecule has 0 spiro atoms. The molecule has 4 aliphatic rings. The molecule has 34 heavy (non-hydrogen) atoms. The Morgan fingerprint density at radius 2 is 1.56 bits per heavy atom. The van der Waals surface area contributed by atoms with Gasteiger partial charge >= 0.3 is 5.97 Å². The summed E-state index contributed by atoms with van der Waals surface area (Å²) >= 11 is 5.98. The lowest BCUT2D eigenvalue weighted by Gasteiger charge is -2.48. The minimum absolute atomic E-state index is 0.0252. The second-order valence-corrected chi connectivity index (χ2v) is 9.07. The largest absolute Gasteiger partial charge is 0.478 e. The fraction of sp³-hybridized carbons (Fsp3) is 0.160. The number of imide groups is 1. The zero-order valence-corrected chi connectivity index (χ0v) is 18.1. The molecule has 1 fully saturated rings. The van der Waals surface area contributed by atoms with Gasteiger partial charge in [0.2, 0.25) is 11.8 Å². The number of hydrogen-bond acceptors (Lipinski definition) is 5. The Labute approximate surface area is 197 Å². The van der Waals surface area contributed by atoms with E-state index in [1.807, 2.05) is 0 Å². The first-order chi connectivity index (χ1) is 16.3. The number of carbonyl (C=O) groups excluding carboxylic acids is 2. The molecule has 0 unspecified atom stereocenters. The maximum absolute atomic E-state index is 13.9. The fourth-order valence-electron chi connectivity index (χ4n) is 6.11. The molecular formula is C25H15ClN2O6. The van der Waals surface area contributed by atoms with Crippen LogP contribution in [0.3, 0.4) is 0 Å². The minimum Gasteiger partial charge on any atom is -0.478 e. The molecule has 0 radical (unpaired) electrons. The highest BCUT2D eigenvalue weighted by Gasteiger charge is 2.74. The molecule has 1 aliphatic heterocycles. The predicted molar refractivity (Wildman–Crippen MR) is 120 cm³/mol. The molecule has 3 aromatic rings. The van der Waals surface area contributed by atoms with Crippen LogP contribution in [0.2, 0.25) is 5.02 Å². The second kappa shape index (κ2) is 6.74. The molecular weight excluding hydrogens is 460 g/mol. The van der Waals surface area contributed by atoms with Crippen molar-refractivity contribution in [2.24, 2.45) is 11.8 Å². The molecule has 0 saturated carbocycles. The molecule has 0 aromatic heterocycles. The number of amides is 2. The van der Waals surface area contributed by atoms with Crippen molar-refractivity contribution in [2.45, 2.75) is 11.5 Å². The Morgan fingerprint density at radius 3 is 2.12 bits per heavy atom. The molecule has 2 atom stereocenters. The van der Waals surface area contributed by atoms with Gasteiger partial charge in [0.1, 0.15) is 5.92 Å². The van der Waals surface area contributed by atoms with Gasteiger partial charge < -0.3 is 5.11 Å². The quantitative estimate of drug-likeness (QED) is 0.350. The third-order valence-electron chi connectivity index (χ3n) is 7.30. The Bertz CT molecular complexity index is 1420. The first-order valence-corrected chi connectivity index (χ1v) is 10.9. The third-order valence-corrected chi connectivity index (χ3v) is 7.63. The highest BCUT2D eigenvalue weighted by atomic mass is 35.5. The number of carbonyl (C=O) groups is 3. The van der Waals surface area contributed by atoms with Gasteiger partial charge in [-0.1, -0.05) is 60.1 Å². The van der Waals surface area contributed by atoms with Gasteiger partial charge in [0.25, 0.3) is 5.54 Å². The highest BCUT2D eigenvalue weighted by Crippen LogP contribution is 2.64. The van der Waals surface area contributed by atoms with Gasteiger partial charge in [-0.15, -0.1) is 0 Å². The zero-order chi connectivity index (χ0) is 23.9. The van der Waals surface area contributed by atoms with E-state index < -0.39 is 46.0 Å². The van der Waals surface area contributed by atoms with Crippen molar-refractivity contribution < 1.29 is 24.4 Å². The number of halogens is 1. The molecule has 2 amide bonds. The van der Waals surface area contributed by atoms with E-state index in [4.69, 9.17) is 11.6 Å². The van der Waals surface area contributed by atoms with Gasteiger partial charge in [-0.25, -0.2) is 9.69 Å². The van der Waals surface area contributed by atoms with Gasteiger partial charge in [-0.3, -0.25) is 19.7 Å². The molecule has 1 heterocycles. The number of benzene rings is 3. The van der Waals surface area contributed by atoms with Crippen LogP contribution in [-0.4, -0.2) is 27.8 Å². The van der Waals surface area contributed by atoms with Crippen molar-refractivity contribution >= 4 is 35.1 Å². The summed E-state index contributed by atoms with van der Waals surface area (Å²) in [5.74, 6) is -5.43. The number of rotatable bonds is 3. The van der Waals surface area contributed by atoms with Crippen molar-refractivity contribution in [1.82, 2.24) is 0 Å². The van der Waals surface area contributed by atoms with Gasteiger partial charge in [0.05, 0.1) is 22.2 Å². The van der Waals surface area contributed by atoms with Crippen LogP contribution in [0.1, 0.15) is 38.5 Å². The number of nitro groups is 1. The zero-order valence-electron chi connectivity index (χ0n) is 17.3. The van der Waals surface area contributed by atoms with E-state index in [0.717, 1.165) is 11.0 Å². The number of aromatic carboxylic acids is 1. The van der Waals surface area contributed by atoms with Crippen molar-refractivity contribution in [1.29, 1.82) is 0 Å². The molecule has 3 aromatic carbocycles. The maximum Gasteiger partial charge on any atom is 0.337 e. The van der Waals surface area contributed by atoms with Crippen LogP contribution in [0.4, 0.5) is 5.69 Å². The summed E-state index contributed by atoms with van der Waals surface area (Å²) in [5, 5.41) is 22.3. The molecule has 2 bridgehead atoms. The van der Waals surface area contributed by atoms with Crippen LogP contribution in [0.5, 0.6) is 0 Å². The lowest BCUT2D eigenvalue weighted by atomic mass is 9.51. The smallest absolute Gasteiger partial charge is 0.337 e. The first-order valence-electron chi connectivity index (χ1n) is 10.5. The van der Waals surface area contributed by atoms with E-state index in [-0.39, 0.29) is 16.3 Å². The Morgan fingerprint density at radius 1 is 0.971 bits per heavy atom. The lowest BCUT2D eigenvalue weighted by Crippen LogP contribution is -2.57. The maximum atomic E-state index is 13.9. The summed E-state index contributed by atoms with van der Waals surface area (Å²) in [6.07, 6.45) is 0. The Hall–Kier alpha value is -4.04. The average Bonchev–Trinajstić information content (AvgIpc) is 3.10. The first kappa shape index (κ1) is 20.6. The van der Waals surface area contributed by atoms with Crippen LogP contribution in [0.25, 0.3) is 0 Å². The van der Waals surface area contributed by atoms with Gasteiger partial charge in [-0.2, -0.15) is 0 Å². The van der Waals surface area contributed by atoms with E-state index in [1.54, 1.807) is 48.5 Å². The number of carboxylic acid groups (broad SMARTS) is 1. The SMILES string of the molecule is O=C(O)c1cc(N2C(=O)[C@H]3C4c5ccccc5C([N+](=O)[O-])(c5ccccc54)[C@H]3C2=O)ccc1Cl. The van der Waals surface area contributed by atoms with E-state index >= 15 is 0 Å². The fourth-order valence-corrected chi connectivity index (χ4v) is 6.31. The van der Waals surface area contributed by atoms with E-state index in [2.05, 4.69) is 0 Å². The van der Waals surface area contributed by atoms with Crippen LogP contribution >= 0.6 is 11.6 Å². The summed E-state index contributed by atoms with van der Waals surface area (Å²) < 4.78 is 0. The van der Waals surface area contributed by atoms with Gasteiger partial charge in [0.15, 0.2) is 0 Å². The highest BCUT2D eigenvalue weighted by molar-refractivity contribution is 6.34. The molecule has 3 aliphatic carbocycles. The molecule has 8 nitrogen and oxygen atoms in total. The van der Waals surface area contributed by atoms with Crippen molar-refractivity contribution in [3.8, 4) is 0 Å². The number of hydrogen-bond donors (Lipinski definition) is 1. The molecule has 1 N–H and O–H groups in total. The number of carboxylic acids is 1. The Kier molecular flexibility index (Phi) is 4.08. The summed E-state index contributed by atoms with van der Waals surface area (Å²) in [5.41, 5.74) is -0.0409. The monoisotopic (exact) mass is 474 g/mol. The van der Waals surface area contributed by atoms with Gasteiger partial charge in [-0.05, 0) is 29.3 Å². The lowest BCUT2D eigenvalue weighted by molar-refractivity contribution is -0.578. The van der Waals surface area contributed by atoms with E-state index in [9.17, 15) is 29.6 Å². The van der Waals surface area contributed by atoms with Crippen molar-refractivity contribution in [3.63, 3.8) is 0 Å². The molecule has 9 heteroatoms. The standard InChI is InChI=1S/C25H15ClN2O6/c26-18-10-9-12(11-15(18)24(31)32)27-22(29)20-19-13-5-1-3-7-16(13)25(28(33)34,21(20)23(27)30)17-8-4-2-6-14(17)19/h1-11,19-21H,(H,31,32)/t19?,20-,21+,25?/m0/s1. The number of nitrogens with zero attached hydrogens (tertiary/aromatic N) is 2. The second-order valence-electron chi connectivity index (χ2n) is 8.66. The molecule has 168 valence electrons. The third kappa shape index (κ3) is 2.25. The predicted octanol–water partition coefficient (Wildman–Crippen LogP) is 3.82. The summed E-state index contributed by atoms with van der Waals surface area (Å²) in [4.78, 5) is 52.6. The van der Waals surface area contributed by atoms with E-state index in [1.165, 1.54) is 12.1 Å². The normalized spacial score (nSPS) is 26.1. The van der Waals surface area contributed by atoms with Crippen molar-refractivity contribution in [2.75, 3.05) is 4.90 Å². The van der Waals surface area contributed by atoms with Crippen molar-refractivity contribution in [3.05, 3.63) is 110 Å². The minimum atomic E-state index is -1.93. The Balaban J connectivity index is 1.63. The van der Waals surface area contributed by atoms with Crippen LogP contribution in [0, 0.1) is 22.0 Å². The number of anilines is 1. The van der Waals surface area contributed by atoms with Crippen LogP contribution in [0.15, 0.2) is 66.7 Å². The van der Waals surface area contributed by atoms with Crippen LogP contribution < -0.4 is 4.90 Å². The van der Waals surface area contributed by atoms with Crippen LogP contribution in [-0.2, 0) is 15.1 Å². The topological polar surface area (TPSA) is 118 Å². The summed E-state index contributed by atoms with van der Waals surface area (Å²) in [6, 6.07) is 17.6. The summed E-state index contributed by atoms with van der Waals surface area (Å²) in [6.45, 7) is 0.